The lowest BCUT2D eigenvalue weighted by Gasteiger charge is -2.37. The molecule has 0 radical (unpaired) electrons. The van der Waals surface area contributed by atoms with Gasteiger partial charge in [0, 0.05) is 29.7 Å². The zero-order chi connectivity index (χ0) is 14.1. The van der Waals surface area contributed by atoms with Crippen LogP contribution in [0.25, 0.3) is 10.9 Å². The molecule has 1 aromatic heterocycles. The molecule has 2 atom stereocenters. The largest absolute Gasteiger partial charge is 0.360 e. The lowest BCUT2D eigenvalue weighted by atomic mass is 9.93. The van der Waals surface area contributed by atoms with Gasteiger partial charge in [-0.3, -0.25) is 4.79 Å². The smallest absolute Gasteiger partial charge is 0.256 e. The van der Waals surface area contributed by atoms with E-state index in [4.69, 9.17) is 5.73 Å². The maximum absolute atomic E-state index is 12.8. The van der Waals surface area contributed by atoms with Crippen molar-refractivity contribution < 1.29 is 4.79 Å². The molecule has 0 saturated carbocycles. The Morgan fingerprint density at radius 3 is 3.00 bits per heavy atom. The van der Waals surface area contributed by atoms with E-state index in [0.29, 0.717) is 18.5 Å². The molecule has 106 valence electrons. The molecule has 1 aliphatic rings. The number of carbonyl (C=O) groups is 1. The number of nitrogens with one attached hydrogen (secondary N) is 1. The zero-order valence-corrected chi connectivity index (χ0v) is 11.8. The molecule has 20 heavy (non-hydrogen) atoms. The Balaban J connectivity index is 1.91. The summed E-state index contributed by atoms with van der Waals surface area (Å²) < 4.78 is 0. The van der Waals surface area contributed by atoms with Gasteiger partial charge in [0.25, 0.3) is 5.91 Å². The molecule has 1 saturated heterocycles. The topological polar surface area (TPSA) is 62.1 Å². The third kappa shape index (κ3) is 2.20. The second kappa shape index (κ2) is 5.29. The van der Waals surface area contributed by atoms with Crippen LogP contribution in [0.5, 0.6) is 0 Å². The third-order valence-electron chi connectivity index (χ3n) is 4.39. The Kier molecular flexibility index (Phi) is 3.49. The van der Waals surface area contributed by atoms with Gasteiger partial charge in [-0.15, -0.1) is 0 Å². The summed E-state index contributed by atoms with van der Waals surface area (Å²) in [7, 11) is 0. The molecule has 4 heteroatoms. The van der Waals surface area contributed by atoms with Gasteiger partial charge in [0.2, 0.25) is 0 Å². The molecular weight excluding hydrogens is 250 g/mol. The molecule has 4 nitrogen and oxygen atoms in total. The standard InChI is InChI=1S/C16H21N3O/c1-11-6-7-12(8-17)10-19(11)16(20)14-9-18-15-5-3-2-4-13(14)15/h2-5,9,11-12,18H,6-8,10,17H2,1H3. The number of aromatic amines is 1. The summed E-state index contributed by atoms with van der Waals surface area (Å²) in [5.74, 6) is 0.549. The lowest BCUT2D eigenvalue weighted by molar-refractivity contribution is 0.0569. The number of rotatable bonds is 2. The van der Waals surface area contributed by atoms with E-state index in [2.05, 4.69) is 11.9 Å². The van der Waals surface area contributed by atoms with Crippen LogP contribution in [0.2, 0.25) is 0 Å². The first kappa shape index (κ1) is 13.2. The van der Waals surface area contributed by atoms with Crippen molar-refractivity contribution in [3.63, 3.8) is 0 Å². The second-order valence-electron chi connectivity index (χ2n) is 5.73. The van der Waals surface area contributed by atoms with Gasteiger partial charge in [0.1, 0.15) is 0 Å². The van der Waals surface area contributed by atoms with Crippen molar-refractivity contribution in [3.05, 3.63) is 36.0 Å². The van der Waals surface area contributed by atoms with E-state index in [1.807, 2.05) is 35.4 Å². The van der Waals surface area contributed by atoms with E-state index in [9.17, 15) is 4.79 Å². The molecule has 3 rings (SSSR count). The van der Waals surface area contributed by atoms with Crippen molar-refractivity contribution in [1.29, 1.82) is 0 Å². The maximum atomic E-state index is 12.8. The van der Waals surface area contributed by atoms with E-state index in [1.54, 1.807) is 0 Å². The third-order valence-corrected chi connectivity index (χ3v) is 4.39. The van der Waals surface area contributed by atoms with Crippen molar-refractivity contribution in [1.82, 2.24) is 9.88 Å². The highest BCUT2D eigenvalue weighted by Crippen LogP contribution is 2.26. The molecule has 2 unspecified atom stereocenters. The first-order chi connectivity index (χ1) is 9.70. The minimum atomic E-state index is 0.119. The van der Waals surface area contributed by atoms with Crippen LogP contribution in [-0.2, 0) is 0 Å². The van der Waals surface area contributed by atoms with Crippen molar-refractivity contribution in [2.75, 3.05) is 13.1 Å². The average Bonchev–Trinajstić information content (AvgIpc) is 2.91. The Morgan fingerprint density at radius 1 is 1.40 bits per heavy atom. The first-order valence-corrected chi connectivity index (χ1v) is 7.28. The maximum Gasteiger partial charge on any atom is 0.256 e. The Bertz CT molecular complexity index is 619. The summed E-state index contributed by atoms with van der Waals surface area (Å²) in [4.78, 5) is 18.0. The molecule has 1 amide bonds. The molecule has 2 aromatic rings. The summed E-state index contributed by atoms with van der Waals surface area (Å²) in [6.45, 7) is 3.56. The molecule has 1 aliphatic heterocycles. The van der Waals surface area contributed by atoms with E-state index >= 15 is 0 Å². The summed E-state index contributed by atoms with van der Waals surface area (Å²) in [5.41, 5.74) is 7.55. The summed E-state index contributed by atoms with van der Waals surface area (Å²) in [5, 5.41) is 1.000. The number of amides is 1. The SMILES string of the molecule is CC1CCC(CN)CN1C(=O)c1c[nH]c2ccccc12. The van der Waals surface area contributed by atoms with Crippen molar-refractivity contribution >= 4 is 16.8 Å². The van der Waals surface area contributed by atoms with E-state index in [0.717, 1.165) is 35.9 Å². The molecular formula is C16H21N3O. The highest BCUT2D eigenvalue weighted by molar-refractivity contribution is 6.06. The van der Waals surface area contributed by atoms with Crippen LogP contribution in [0.15, 0.2) is 30.5 Å². The van der Waals surface area contributed by atoms with Crippen LogP contribution in [0.4, 0.5) is 0 Å². The predicted octanol–water partition coefficient (Wildman–Crippen LogP) is 2.37. The summed E-state index contributed by atoms with van der Waals surface area (Å²) in [6, 6.07) is 8.22. The average molecular weight is 271 g/mol. The fourth-order valence-electron chi connectivity index (χ4n) is 3.06. The molecule has 2 heterocycles. The molecule has 1 aromatic carbocycles. The molecule has 1 fully saturated rings. The highest BCUT2D eigenvalue weighted by Gasteiger charge is 2.29. The fourth-order valence-corrected chi connectivity index (χ4v) is 3.06. The van der Waals surface area contributed by atoms with Crippen LogP contribution in [0, 0.1) is 5.92 Å². The van der Waals surface area contributed by atoms with Crippen LogP contribution in [-0.4, -0.2) is 34.9 Å². The number of likely N-dealkylation sites (tertiary alicyclic amines) is 1. The van der Waals surface area contributed by atoms with Gasteiger partial charge in [-0.05, 0) is 38.3 Å². The van der Waals surface area contributed by atoms with Crippen LogP contribution in [0.1, 0.15) is 30.1 Å². The molecule has 0 bridgehead atoms. The number of para-hydroxylation sites is 1. The number of hydrogen-bond donors (Lipinski definition) is 2. The van der Waals surface area contributed by atoms with Gasteiger partial charge in [-0.2, -0.15) is 0 Å². The van der Waals surface area contributed by atoms with Crippen molar-refractivity contribution in [2.24, 2.45) is 11.7 Å². The zero-order valence-electron chi connectivity index (χ0n) is 11.8. The molecule has 3 N–H and O–H groups in total. The number of aromatic nitrogens is 1. The second-order valence-corrected chi connectivity index (χ2v) is 5.73. The van der Waals surface area contributed by atoms with Gasteiger partial charge in [0.05, 0.1) is 5.56 Å². The monoisotopic (exact) mass is 271 g/mol. The Labute approximate surface area is 118 Å². The fraction of sp³-hybridized carbons (Fsp3) is 0.438. The minimum Gasteiger partial charge on any atom is -0.360 e. The van der Waals surface area contributed by atoms with Gasteiger partial charge in [-0.1, -0.05) is 18.2 Å². The van der Waals surface area contributed by atoms with E-state index in [-0.39, 0.29) is 5.91 Å². The quantitative estimate of drug-likeness (QED) is 0.881. The number of carbonyl (C=O) groups excluding carboxylic acids is 1. The first-order valence-electron chi connectivity index (χ1n) is 7.28. The number of piperidine rings is 1. The van der Waals surface area contributed by atoms with Crippen molar-refractivity contribution in [3.8, 4) is 0 Å². The van der Waals surface area contributed by atoms with Crippen LogP contribution >= 0.6 is 0 Å². The van der Waals surface area contributed by atoms with Gasteiger partial charge in [-0.25, -0.2) is 0 Å². The van der Waals surface area contributed by atoms with E-state index < -0.39 is 0 Å². The number of hydrogen-bond acceptors (Lipinski definition) is 2. The minimum absolute atomic E-state index is 0.119. The highest BCUT2D eigenvalue weighted by atomic mass is 16.2. The number of nitrogens with two attached hydrogens (primary N) is 1. The number of nitrogens with zero attached hydrogens (tertiary/aromatic N) is 1. The molecule has 0 aliphatic carbocycles. The Hall–Kier alpha value is -1.81. The summed E-state index contributed by atoms with van der Waals surface area (Å²) in [6.07, 6.45) is 3.98. The Morgan fingerprint density at radius 2 is 2.20 bits per heavy atom. The number of H-pyrrole nitrogens is 1. The number of fused-ring (bicyclic) bond motifs is 1. The van der Waals surface area contributed by atoms with Crippen LogP contribution < -0.4 is 5.73 Å². The van der Waals surface area contributed by atoms with Crippen LogP contribution in [0.3, 0.4) is 0 Å². The predicted molar refractivity (Wildman–Crippen MR) is 80.6 cm³/mol. The van der Waals surface area contributed by atoms with Gasteiger partial charge in [0.15, 0.2) is 0 Å². The van der Waals surface area contributed by atoms with Crippen molar-refractivity contribution in [2.45, 2.75) is 25.8 Å². The number of benzene rings is 1. The van der Waals surface area contributed by atoms with Gasteiger partial charge >= 0.3 is 0 Å². The van der Waals surface area contributed by atoms with Gasteiger partial charge < -0.3 is 15.6 Å². The summed E-state index contributed by atoms with van der Waals surface area (Å²) >= 11 is 0. The normalized spacial score (nSPS) is 23.2. The molecule has 0 spiro atoms. The lowest BCUT2D eigenvalue weighted by Crippen LogP contribution is -2.47. The van der Waals surface area contributed by atoms with E-state index in [1.165, 1.54) is 0 Å².